The van der Waals surface area contributed by atoms with Gasteiger partial charge < -0.3 is 0 Å². The quantitative estimate of drug-likeness (QED) is 0.222. The lowest BCUT2D eigenvalue weighted by molar-refractivity contribution is 1.49. The molecule has 0 amide bonds. The van der Waals surface area contributed by atoms with E-state index < -0.39 is 0 Å². The number of hydrogen-bond acceptors (Lipinski definition) is 2. The summed E-state index contributed by atoms with van der Waals surface area (Å²) in [5.74, 6) is 0. The van der Waals surface area contributed by atoms with E-state index in [2.05, 4.69) is 109 Å². The summed E-state index contributed by atoms with van der Waals surface area (Å²) < 4.78 is 0. The van der Waals surface area contributed by atoms with Crippen molar-refractivity contribution in [2.24, 2.45) is 0 Å². The van der Waals surface area contributed by atoms with Crippen molar-refractivity contribution in [2.45, 2.75) is 0 Å². The predicted octanol–water partition coefficient (Wildman–Crippen LogP) is 9.85. The summed E-state index contributed by atoms with van der Waals surface area (Å²) in [7, 11) is 0. The second-order valence-electron chi connectivity index (χ2n) is 10.2. The standard InChI is InChI=1S/C38H26N2/c39-37-24-31(34-21-29(25-11-3-1-4-12-25)19-27-15-7-9-17-32(27)34)23-36(38(37)40)35-22-30(26-13-5-2-6-14-26)20-28-16-8-10-18-33(28)35/h1-24,39-40H. The summed E-state index contributed by atoms with van der Waals surface area (Å²) in [6.07, 6.45) is 3.94. The van der Waals surface area contributed by atoms with Crippen LogP contribution < -0.4 is 0 Å². The average Bonchev–Trinajstić information content (AvgIpc) is 3.02. The largest absolute Gasteiger partial charge is 0.299 e. The summed E-state index contributed by atoms with van der Waals surface area (Å²) in [5, 5.41) is 22.3. The highest BCUT2D eigenvalue weighted by Crippen LogP contribution is 2.38. The van der Waals surface area contributed by atoms with Crippen molar-refractivity contribution in [1.29, 1.82) is 10.8 Å². The van der Waals surface area contributed by atoms with Crippen LogP contribution in [0.1, 0.15) is 11.1 Å². The number of nitrogens with one attached hydrogen (secondary N) is 2. The molecule has 0 spiro atoms. The van der Waals surface area contributed by atoms with Crippen molar-refractivity contribution >= 4 is 44.1 Å². The summed E-state index contributed by atoms with van der Waals surface area (Å²) in [5.41, 5.74) is 8.72. The topological polar surface area (TPSA) is 47.7 Å². The smallest absolute Gasteiger partial charge is 0.0868 e. The van der Waals surface area contributed by atoms with Gasteiger partial charge in [-0.1, -0.05) is 109 Å². The molecule has 0 unspecified atom stereocenters. The molecule has 0 aliphatic heterocycles. The minimum atomic E-state index is 0.218. The molecular formula is C38H26N2. The monoisotopic (exact) mass is 510 g/mol. The molecule has 2 N–H and O–H groups in total. The van der Waals surface area contributed by atoms with Gasteiger partial charge in [0.1, 0.15) is 0 Å². The molecule has 40 heavy (non-hydrogen) atoms. The Kier molecular flexibility index (Phi) is 5.79. The number of rotatable bonds is 4. The lowest BCUT2D eigenvalue weighted by atomic mass is 9.83. The Morgan fingerprint density at radius 3 is 1.45 bits per heavy atom. The molecule has 6 aromatic carbocycles. The minimum Gasteiger partial charge on any atom is -0.299 e. The lowest BCUT2D eigenvalue weighted by Gasteiger charge is -2.20. The van der Waals surface area contributed by atoms with Gasteiger partial charge in [-0.3, -0.25) is 10.8 Å². The SMILES string of the molecule is N=C1C=C(c2cc(-c3ccccc3)cc3ccccc23)C=C(c2cc(-c3ccccc3)cc3ccccc23)C1=N. The minimum absolute atomic E-state index is 0.218. The van der Waals surface area contributed by atoms with Crippen LogP contribution in [0.4, 0.5) is 0 Å². The normalized spacial score (nSPS) is 13.4. The Morgan fingerprint density at radius 2 is 0.875 bits per heavy atom. The second-order valence-corrected chi connectivity index (χ2v) is 10.2. The van der Waals surface area contributed by atoms with Crippen molar-refractivity contribution in [1.82, 2.24) is 0 Å². The van der Waals surface area contributed by atoms with Gasteiger partial charge >= 0.3 is 0 Å². The van der Waals surface area contributed by atoms with Gasteiger partial charge in [0.05, 0.1) is 11.4 Å². The van der Waals surface area contributed by atoms with Crippen LogP contribution in [0.5, 0.6) is 0 Å². The molecule has 0 saturated heterocycles. The van der Waals surface area contributed by atoms with Gasteiger partial charge in [-0.15, -0.1) is 0 Å². The highest BCUT2D eigenvalue weighted by atomic mass is 14.5. The van der Waals surface area contributed by atoms with E-state index in [9.17, 15) is 0 Å². The van der Waals surface area contributed by atoms with Gasteiger partial charge in [0.2, 0.25) is 0 Å². The van der Waals surface area contributed by atoms with E-state index in [1.54, 1.807) is 0 Å². The van der Waals surface area contributed by atoms with Crippen LogP contribution in [-0.2, 0) is 0 Å². The van der Waals surface area contributed by atoms with Crippen molar-refractivity contribution in [3.05, 3.63) is 157 Å². The van der Waals surface area contributed by atoms with Crippen molar-refractivity contribution in [3.8, 4) is 22.3 Å². The summed E-state index contributed by atoms with van der Waals surface area (Å²) in [4.78, 5) is 0. The van der Waals surface area contributed by atoms with Crippen LogP contribution >= 0.6 is 0 Å². The molecular weight excluding hydrogens is 484 g/mol. The van der Waals surface area contributed by atoms with Crippen LogP contribution in [0.3, 0.4) is 0 Å². The molecule has 2 heteroatoms. The van der Waals surface area contributed by atoms with E-state index in [0.29, 0.717) is 0 Å². The van der Waals surface area contributed by atoms with E-state index in [-0.39, 0.29) is 11.4 Å². The zero-order chi connectivity index (χ0) is 27.1. The summed E-state index contributed by atoms with van der Waals surface area (Å²) in [6, 6.07) is 46.3. The first-order valence-corrected chi connectivity index (χ1v) is 13.4. The molecule has 2 nitrogen and oxygen atoms in total. The molecule has 0 aromatic heterocycles. The van der Waals surface area contributed by atoms with Gasteiger partial charge in [-0.25, -0.2) is 0 Å². The number of hydrogen-bond donors (Lipinski definition) is 2. The summed E-state index contributed by atoms with van der Waals surface area (Å²) in [6.45, 7) is 0. The van der Waals surface area contributed by atoms with E-state index in [1.165, 1.54) is 0 Å². The predicted molar refractivity (Wildman–Crippen MR) is 170 cm³/mol. The fourth-order valence-electron chi connectivity index (χ4n) is 5.69. The van der Waals surface area contributed by atoms with E-state index >= 15 is 0 Å². The second kappa shape index (κ2) is 9.76. The van der Waals surface area contributed by atoms with Crippen molar-refractivity contribution in [2.75, 3.05) is 0 Å². The molecule has 0 bridgehead atoms. The van der Waals surface area contributed by atoms with Crippen molar-refractivity contribution < 1.29 is 0 Å². The molecule has 1 aliphatic carbocycles. The first-order chi connectivity index (χ1) is 19.7. The molecule has 6 aromatic rings. The molecule has 0 atom stereocenters. The molecule has 1 aliphatic rings. The third-order valence-corrected chi connectivity index (χ3v) is 7.68. The molecule has 0 radical (unpaired) electrons. The zero-order valence-corrected chi connectivity index (χ0v) is 21.9. The molecule has 0 saturated carbocycles. The Bertz CT molecular complexity index is 2010. The first kappa shape index (κ1) is 23.8. The van der Waals surface area contributed by atoms with Crippen LogP contribution in [0.2, 0.25) is 0 Å². The molecule has 0 heterocycles. The lowest BCUT2D eigenvalue weighted by Crippen LogP contribution is -2.16. The molecule has 0 fully saturated rings. The van der Waals surface area contributed by atoms with Gasteiger partial charge in [0.15, 0.2) is 0 Å². The first-order valence-electron chi connectivity index (χ1n) is 13.4. The molecule has 7 rings (SSSR count). The summed E-state index contributed by atoms with van der Waals surface area (Å²) >= 11 is 0. The highest BCUT2D eigenvalue weighted by molar-refractivity contribution is 6.62. The number of benzene rings is 6. The van der Waals surface area contributed by atoms with Gasteiger partial charge in [-0.2, -0.15) is 0 Å². The maximum atomic E-state index is 8.99. The fraction of sp³-hybridized carbons (Fsp3) is 0. The van der Waals surface area contributed by atoms with Crippen LogP contribution in [0.25, 0.3) is 54.9 Å². The maximum absolute atomic E-state index is 8.99. The zero-order valence-electron chi connectivity index (χ0n) is 21.9. The van der Waals surface area contributed by atoms with Gasteiger partial charge in [0, 0.05) is 5.57 Å². The third-order valence-electron chi connectivity index (χ3n) is 7.68. The third kappa shape index (κ3) is 4.16. The molecule has 188 valence electrons. The Balaban J connectivity index is 1.46. The van der Waals surface area contributed by atoms with Crippen molar-refractivity contribution in [3.63, 3.8) is 0 Å². The fourth-order valence-corrected chi connectivity index (χ4v) is 5.69. The van der Waals surface area contributed by atoms with Crippen LogP contribution in [0, 0.1) is 10.8 Å². The van der Waals surface area contributed by atoms with E-state index in [4.69, 9.17) is 10.8 Å². The van der Waals surface area contributed by atoms with Gasteiger partial charge in [0.25, 0.3) is 0 Å². The highest BCUT2D eigenvalue weighted by Gasteiger charge is 2.22. The number of fused-ring (bicyclic) bond motifs is 2. The van der Waals surface area contributed by atoms with Crippen LogP contribution in [-0.4, -0.2) is 11.4 Å². The average molecular weight is 511 g/mol. The Labute approximate surface area is 233 Å². The number of allylic oxidation sites excluding steroid dienone is 4. The van der Waals surface area contributed by atoms with E-state index in [1.807, 2.05) is 36.4 Å². The Morgan fingerprint density at radius 1 is 0.400 bits per heavy atom. The Hall–Kier alpha value is -5.34. The van der Waals surface area contributed by atoms with E-state index in [0.717, 1.165) is 66.1 Å². The van der Waals surface area contributed by atoms with Gasteiger partial charge in [-0.05, 0) is 96.9 Å². The maximum Gasteiger partial charge on any atom is 0.0868 e. The van der Waals surface area contributed by atoms with Crippen LogP contribution in [0.15, 0.2) is 146 Å².